The molecule has 1 aromatic carbocycles. The Bertz CT molecular complexity index is 876. The lowest BCUT2D eigenvalue weighted by molar-refractivity contribution is 0.455. The van der Waals surface area contributed by atoms with Crippen LogP contribution in [-0.2, 0) is 0 Å². The first-order valence-corrected chi connectivity index (χ1v) is 6.18. The average Bonchev–Trinajstić information content (AvgIpc) is 2.69. The molecular formula is C12H8N4O2S. The van der Waals surface area contributed by atoms with Gasteiger partial charge in [0, 0.05) is 5.56 Å². The van der Waals surface area contributed by atoms with Gasteiger partial charge in [0.25, 0.3) is 0 Å². The van der Waals surface area contributed by atoms with Gasteiger partial charge in [-0.1, -0.05) is 17.4 Å². The van der Waals surface area contributed by atoms with Crippen LogP contribution in [0, 0.1) is 5.41 Å². The zero-order chi connectivity index (χ0) is 13.4. The van der Waals surface area contributed by atoms with Gasteiger partial charge in [-0.15, -0.1) is 0 Å². The van der Waals surface area contributed by atoms with E-state index in [-0.39, 0.29) is 16.6 Å². The predicted molar refractivity (Wildman–Crippen MR) is 72.7 cm³/mol. The second-order valence-electron chi connectivity index (χ2n) is 3.87. The lowest BCUT2D eigenvalue weighted by atomic mass is 10.1. The van der Waals surface area contributed by atoms with Crippen molar-refractivity contribution in [3.63, 3.8) is 0 Å². The molecule has 0 atom stereocenters. The van der Waals surface area contributed by atoms with E-state index in [9.17, 15) is 9.90 Å². The highest BCUT2D eigenvalue weighted by Gasteiger charge is 2.07. The minimum atomic E-state index is -0.311. The van der Waals surface area contributed by atoms with Gasteiger partial charge in [-0.3, -0.25) is 15.2 Å². The second kappa shape index (κ2) is 4.29. The molecule has 0 aliphatic carbocycles. The Balaban J connectivity index is 2.19. The maximum absolute atomic E-state index is 11.1. The van der Waals surface area contributed by atoms with Crippen LogP contribution >= 0.6 is 11.3 Å². The Labute approximate surface area is 110 Å². The highest BCUT2D eigenvalue weighted by Crippen LogP contribution is 2.15. The molecule has 1 aliphatic rings. The molecule has 0 unspecified atom stereocenters. The molecule has 0 saturated heterocycles. The summed E-state index contributed by atoms with van der Waals surface area (Å²) in [6.07, 6.45) is 3.02. The fourth-order valence-electron chi connectivity index (χ4n) is 1.75. The number of amidine groups is 1. The van der Waals surface area contributed by atoms with Crippen LogP contribution in [0.15, 0.2) is 33.0 Å². The van der Waals surface area contributed by atoms with Gasteiger partial charge in [0.1, 0.15) is 6.34 Å². The summed E-state index contributed by atoms with van der Waals surface area (Å²) in [5, 5.41) is 18.7. The van der Waals surface area contributed by atoms with E-state index in [0.717, 1.165) is 16.6 Å². The van der Waals surface area contributed by atoms with Crippen LogP contribution in [0.4, 0.5) is 0 Å². The summed E-state index contributed by atoms with van der Waals surface area (Å²) in [7, 11) is 0. The van der Waals surface area contributed by atoms with Crippen LogP contribution in [0.2, 0.25) is 0 Å². The number of nitrogens with zero attached hydrogens (tertiary/aromatic N) is 2. The number of thiazole rings is 1. The van der Waals surface area contributed by atoms with Crippen LogP contribution < -0.4 is 15.4 Å². The molecule has 2 aromatic rings. The van der Waals surface area contributed by atoms with E-state index in [1.54, 1.807) is 24.3 Å². The fraction of sp³-hybridized carbons (Fsp3) is 0. The van der Waals surface area contributed by atoms with Crippen molar-refractivity contribution in [2.75, 3.05) is 0 Å². The van der Waals surface area contributed by atoms with Crippen molar-refractivity contribution in [1.82, 2.24) is 4.98 Å². The average molecular weight is 272 g/mol. The number of aliphatic imine (C=N–C) groups is 1. The van der Waals surface area contributed by atoms with Crippen molar-refractivity contribution in [1.29, 1.82) is 5.41 Å². The third-order valence-electron chi connectivity index (χ3n) is 2.61. The Morgan fingerprint density at radius 1 is 1.42 bits per heavy atom. The van der Waals surface area contributed by atoms with Gasteiger partial charge < -0.3 is 5.11 Å². The molecule has 2 heterocycles. The minimum absolute atomic E-state index is 0.145. The van der Waals surface area contributed by atoms with Gasteiger partial charge in [0.05, 0.1) is 10.2 Å². The number of hydrogen-bond donors (Lipinski definition) is 3. The van der Waals surface area contributed by atoms with E-state index in [1.807, 2.05) is 0 Å². The lowest BCUT2D eigenvalue weighted by Gasteiger charge is -2.02. The van der Waals surface area contributed by atoms with Crippen LogP contribution in [-0.4, -0.2) is 22.3 Å². The van der Waals surface area contributed by atoms with Crippen LogP contribution in [0.3, 0.4) is 0 Å². The first-order chi connectivity index (χ1) is 9.13. The van der Waals surface area contributed by atoms with Gasteiger partial charge in [-0.2, -0.15) is 0 Å². The monoisotopic (exact) mass is 272 g/mol. The molecule has 1 aromatic heterocycles. The summed E-state index contributed by atoms with van der Waals surface area (Å²) in [6.45, 7) is 0. The zero-order valence-electron chi connectivity index (χ0n) is 9.54. The summed E-state index contributed by atoms with van der Waals surface area (Å²) in [5.74, 6) is -0.00256. The molecule has 0 fully saturated rings. The molecule has 94 valence electrons. The maximum atomic E-state index is 11.1. The largest absolute Gasteiger partial charge is 0.493 e. The summed E-state index contributed by atoms with van der Waals surface area (Å²) < 4.78 is 0. The summed E-state index contributed by atoms with van der Waals surface area (Å²) in [5.41, 5.74) is 0.624. The van der Waals surface area contributed by atoms with Crippen LogP contribution in [0.5, 0.6) is 5.88 Å². The molecule has 0 amide bonds. The molecule has 0 radical (unpaired) electrons. The highest BCUT2D eigenvalue weighted by atomic mass is 32.1. The van der Waals surface area contributed by atoms with Crippen molar-refractivity contribution in [2.24, 2.45) is 9.98 Å². The second-order valence-corrected chi connectivity index (χ2v) is 4.89. The van der Waals surface area contributed by atoms with Gasteiger partial charge in [-0.25, -0.2) is 9.98 Å². The Morgan fingerprint density at radius 2 is 2.26 bits per heavy atom. The van der Waals surface area contributed by atoms with Crippen molar-refractivity contribution < 1.29 is 5.11 Å². The molecule has 3 rings (SSSR count). The topological polar surface area (TPSA) is 102 Å². The fourth-order valence-corrected chi connectivity index (χ4v) is 2.44. The summed E-state index contributed by atoms with van der Waals surface area (Å²) in [4.78, 5) is 21.4. The molecular weight excluding hydrogens is 264 g/mol. The summed E-state index contributed by atoms with van der Waals surface area (Å²) in [6, 6.07) is 5.33. The van der Waals surface area contributed by atoms with E-state index >= 15 is 0 Å². The third-order valence-corrected chi connectivity index (χ3v) is 3.43. The van der Waals surface area contributed by atoms with E-state index in [0.29, 0.717) is 15.8 Å². The van der Waals surface area contributed by atoms with Gasteiger partial charge in [0.2, 0.25) is 5.88 Å². The molecule has 0 bridgehead atoms. The zero-order valence-corrected chi connectivity index (χ0v) is 10.4. The Morgan fingerprint density at radius 3 is 3.00 bits per heavy atom. The van der Waals surface area contributed by atoms with Crippen LogP contribution in [0.1, 0.15) is 10.4 Å². The number of aromatic amines is 1. The van der Waals surface area contributed by atoms with Gasteiger partial charge in [0.15, 0.2) is 5.84 Å². The van der Waals surface area contributed by atoms with E-state index < -0.39 is 0 Å². The number of rotatable bonds is 1. The molecule has 0 spiro atoms. The molecule has 19 heavy (non-hydrogen) atoms. The molecule has 3 N–H and O–H groups in total. The normalized spacial score (nSPS) is 14.3. The van der Waals surface area contributed by atoms with Crippen molar-refractivity contribution in [3.05, 3.63) is 48.9 Å². The van der Waals surface area contributed by atoms with Crippen LogP contribution in [0.25, 0.3) is 6.08 Å². The van der Waals surface area contributed by atoms with E-state index in [1.165, 1.54) is 6.34 Å². The van der Waals surface area contributed by atoms with Crippen molar-refractivity contribution >= 4 is 29.6 Å². The number of H-pyrrole nitrogens is 1. The quantitative estimate of drug-likeness (QED) is 0.678. The number of hydrogen-bond acceptors (Lipinski definition) is 5. The first kappa shape index (κ1) is 11.5. The first-order valence-electron chi connectivity index (χ1n) is 5.36. The van der Waals surface area contributed by atoms with E-state index in [2.05, 4.69) is 15.0 Å². The maximum Gasteiger partial charge on any atom is 0.307 e. The highest BCUT2D eigenvalue weighted by molar-refractivity contribution is 7.10. The van der Waals surface area contributed by atoms with Gasteiger partial charge >= 0.3 is 4.87 Å². The summed E-state index contributed by atoms with van der Waals surface area (Å²) >= 11 is 0.924. The van der Waals surface area contributed by atoms with Gasteiger partial charge in [-0.05, 0) is 23.4 Å². The third kappa shape index (κ3) is 2.11. The molecule has 1 aliphatic heterocycles. The Kier molecular flexibility index (Phi) is 2.60. The Hall–Kier alpha value is -2.54. The molecule has 6 nitrogen and oxygen atoms in total. The smallest absolute Gasteiger partial charge is 0.307 e. The SMILES string of the molecule is N=C1N=CN=c2cc/c(=C/c3sc(=O)[nH]c3O)cc21. The predicted octanol–water partition coefficient (Wildman–Crippen LogP) is -0.0423. The molecule has 7 heteroatoms. The number of nitrogens with one attached hydrogen (secondary N) is 2. The minimum Gasteiger partial charge on any atom is -0.493 e. The number of fused-ring (bicyclic) bond motifs is 1. The van der Waals surface area contributed by atoms with E-state index in [4.69, 9.17) is 5.41 Å². The number of aromatic hydroxyl groups is 1. The standard InChI is InChI=1S/C12H8N4O2S/c13-10-7-3-6(1-2-8(7)14-5-15-10)4-9-11(17)16-12(18)19-9/h1-5,13,17H,(H,16,18)/b6-4-,13-10?. The van der Waals surface area contributed by atoms with Crippen molar-refractivity contribution in [2.45, 2.75) is 0 Å². The lowest BCUT2D eigenvalue weighted by Crippen LogP contribution is -2.21. The van der Waals surface area contributed by atoms with Crippen molar-refractivity contribution in [3.8, 4) is 5.88 Å². The molecule has 0 saturated carbocycles. The number of benzene rings is 1. The number of aromatic nitrogens is 1.